The minimum Gasteiger partial charge on any atom is -0.475 e. The van der Waals surface area contributed by atoms with Gasteiger partial charge in [0, 0.05) is 12.3 Å². The van der Waals surface area contributed by atoms with Gasteiger partial charge in [-0.3, -0.25) is 5.43 Å². The van der Waals surface area contributed by atoms with Crippen molar-refractivity contribution in [1.29, 1.82) is 0 Å². The fourth-order valence-corrected chi connectivity index (χ4v) is 0.719. The fraction of sp³-hybridized carbons (Fsp3) is 0.429. The summed E-state index contributed by atoms with van der Waals surface area (Å²) in [5, 5.41) is 0. The maximum Gasteiger partial charge on any atom is 0.240 e. The first-order valence-electron chi connectivity index (χ1n) is 3.68. The quantitative estimate of drug-likeness (QED) is 0.509. The smallest absolute Gasteiger partial charge is 0.240 e. The van der Waals surface area contributed by atoms with E-state index >= 15 is 0 Å². The Kier molecular flexibility index (Phi) is 2.82. The van der Waals surface area contributed by atoms with Crippen LogP contribution in [0.4, 0.5) is 5.95 Å². The second kappa shape index (κ2) is 3.87. The number of nitrogens with zero attached hydrogens (tertiary/aromatic N) is 2. The van der Waals surface area contributed by atoms with E-state index in [2.05, 4.69) is 15.4 Å². The Morgan fingerprint density at radius 3 is 2.92 bits per heavy atom. The van der Waals surface area contributed by atoms with E-state index < -0.39 is 0 Å². The zero-order chi connectivity index (χ0) is 8.97. The first kappa shape index (κ1) is 8.73. The summed E-state index contributed by atoms with van der Waals surface area (Å²) in [6.07, 6.45) is 1.69. The molecule has 3 N–H and O–H groups in total. The van der Waals surface area contributed by atoms with Gasteiger partial charge in [-0.1, -0.05) is 0 Å². The van der Waals surface area contributed by atoms with Gasteiger partial charge in [0.15, 0.2) is 0 Å². The van der Waals surface area contributed by atoms with Crippen molar-refractivity contribution in [1.82, 2.24) is 9.97 Å². The van der Waals surface area contributed by atoms with Crippen LogP contribution in [0.25, 0.3) is 0 Å². The summed E-state index contributed by atoms with van der Waals surface area (Å²) in [7, 11) is 0. The van der Waals surface area contributed by atoms with E-state index in [0.29, 0.717) is 11.8 Å². The first-order chi connectivity index (χ1) is 5.72. The summed E-state index contributed by atoms with van der Waals surface area (Å²) in [5.74, 6) is 5.99. The standard InChI is InChI=1S/C7H12N4O/c1-5(2)12-6-3-4-9-7(10-6)11-8/h3-5H,8H2,1-2H3,(H,9,10,11). The fourth-order valence-electron chi connectivity index (χ4n) is 0.719. The maximum atomic E-state index is 5.31. The number of nitrogens with one attached hydrogen (secondary N) is 1. The molecule has 0 saturated heterocycles. The minimum atomic E-state index is 0.102. The van der Waals surface area contributed by atoms with Gasteiger partial charge in [0.05, 0.1) is 6.10 Å². The van der Waals surface area contributed by atoms with E-state index in [1.54, 1.807) is 12.3 Å². The molecular formula is C7H12N4O. The summed E-state index contributed by atoms with van der Waals surface area (Å²) in [4.78, 5) is 7.80. The number of hydrogen-bond donors (Lipinski definition) is 2. The van der Waals surface area contributed by atoms with Crippen molar-refractivity contribution in [2.45, 2.75) is 20.0 Å². The van der Waals surface area contributed by atoms with E-state index in [0.717, 1.165) is 0 Å². The highest BCUT2D eigenvalue weighted by Gasteiger charge is 1.99. The van der Waals surface area contributed by atoms with Gasteiger partial charge in [-0.2, -0.15) is 4.98 Å². The highest BCUT2D eigenvalue weighted by molar-refractivity contribution is 5.25. The number of hydrogen-bond acceptors (Lipinski definition) is 5. The van der Waals surface area contributed by atoms with Crippen LogP contribution in [-0.2, 0) is 0 Å². The van der Waals surface area contributed by atoms with Gasteiger partial charge < -0.3 is 4.74 Å². The van der Waals surface area contributed by atoms with Crippen LogP contribution in [0, 0.1) is 0 Å². The lowest BCUT2D eigenvalue weighted by Crippen LogP contribution is -2.12. The number of rotatable bonds is 3. The topological polar surface area (TPSA) is 73.1 Å². The van der Waals surface area contributed by atoms with Crippen molar-refractivity contribution in [2.75, 3.05) is 5.43 Å². The molecule has 0 aliphatic heterocycles. The summed E-state index contributed by atoms with van der Waals surface area (Å²) >= 11 is 0. The number of aromatic nitrogens is 2. The third-order valence-electron chi connectivity index (χ3n) is 1.12. The molecule has 66 valence electrons. The molecule has 1 rings (SSSR count). The highest BCUT2D eigenvalue weighted by atomic mass is 16.5. The minimum absolute atomic E-state index is 0.102. The highest BCUT2D eigenvalue weighted by Crippen LogP contribution is 2.08. The van der Waals surface area contributed by atoms with Gasteiger partial charge in [-0.25, -0.2) is 10.8 Å². The molecule has 12 heavy (non-hydrogen) atoms. The summed E-state index contributed by atoms with van der Waals surface area (Å²) in [5.41, 5.74) is 2.34. The molecule has 0 aliphatic carbocycles. The number of nitrogen functional groups attached to an aromatic ring is 1. The Morgan fingerprint density at radius 2 is 2.33 bits per heavy atom. The van der Waals surface area contributed by atoms with E-state index in [1.807, 2.05) is 13.8 Å². The molecule has 0 bridgehead atoms. The second-order valence-electron chi connectivity index (χ2n) is 2.53. The molecule has 0 radical (unpaired) electrons. The van der Waals surface area contributed by atoms with Crippen molar-refractivity contribution in [3.63, 3.8) is 0 Å². The molecule has 0 saturated carbocycles. The first-order valence-corrected chi connectivity index (χ1v) is 3.68. The van der Waals surface area contributed by atoms with E-state index in [9.17, 15) is 0 Å². The van der Waals surface area contributed by atoms with Crippen molar-refractivity contribution in [3.05, 3.63) is 12.3 Å². The van der Waals surface area contributed by atoms with Gasteiger partial charge in [-0.05, 0) is 13.8 Å². The zero-order valence-corrected chi connectivity index (χ0v) is 7.11. The molecule has 0 aliphatic rings. The lowest BCUT2D eigenvalue weighted by atomic mass is 10.5. The van der Waals surface area contributed by atoms with Crippen LogP contribution in [0.1, 0.15) is 13.8 Å². The van der Waals surface area contributed by atoms with Crippen molar-refractivity contribution in [3.8, 4) is 5.88 Å². The Hall–Kier alpha value is -1.36. The molecule has 1 heterocycles. The van der Waals surface area contributed by atoms with Gasteiger partial charge in [0.2, 0.25) is 11.8 Å². The van der Waals surface area contributed by atoms with Crippen LogP contribution < -0.4 is 16.0 Å². The van der Waals surface area contributed by atoms with Crippen molar-refractivity contribution >= 4 is 5.95 Å². The van der Waals surface area contributed by atoms with E-state index in [-0.39, 0.29) is 6.10 Å². The van der Waals surface area contributed by atoms with Crippen LogP contribution in [0.15, 0.2) is 12.3 Å². The van der Waals surface area contributed by atoms with Crippen LogP contribution in [0.2, 0.25) is 0 Å². The van der Waals surface area contributed by atoms with Crippen LogP contribution in [0.3, 0.4) is 0 Å². The van der Waals surface area contributed by atoms with Crippen molar-refractivity contribution < 1.29 is 4.74 Å². The molecule has 5 heteroatoms. The molecule has 0 aromatic carbocycles. The lowest BCUT2D eigenvalue weighted by molar-refractivity contribution is 0.232. The predicted molar refractivity (Wildman–Crippen MR) is 45.6 cm³/mol. The summed E-state index contributed by atoms with van der Waals surface area (Å²) < 4.78 is 5.31. The summed E-state index contributed by atoms with van der Waals surface area (Å²) in [6.45, 7) is 3.86. The normalized spacial score (nSPS) is 10.0. The van der Waals surface area contributed by atoms with Gasteiger partial charge in [0.1, 0.15) is 0 Å². The molecule has 0 atom stereocenters. The third kappa shape index (κ3) is 2.35. The molecule has 0 fully saturated rings. The average molecular weight is 168 g/mol. The van der Waals surface area contributed by atoms with E-state index in [4.69, 9.17) is 10.6 Å². The number of hydrazine groups is 1. The largest absolute Gasteiger partial charge is 0.475 e. The lowest BCUT2D eigenvalue weighted by Gasteiger charge is -2.08. The molecule has 0 unspecified atom stereocenters. The number of ether oxygens (including phenoxy) is 1. The molecule has 1 aromatic rings. The predicted octanol–water partition coefficient (Wildman–Crippen LogP) is 0.549. The molecule has 1 aromatic heterocycles. The second-order valence-corrected chi connectivity index (χ2v) is 2.53. The third-order valence-corrected chi connectivity index (χ3v) is 1.12. The Labute approximate surface area is 70.9 Å². The van der Waals surface area contributed by atoms with Crippen LogP contribution in [0.5, 0.6) is 5.88 Å². The Balaban J connectivity index is 2.72. The van der Waals surface area contributed by atoms with Gasteiger partial charge >= 0.3 is 0 Å². The molecular weight excluding hydrogens is 156 g/mol. The summed E-state index contributed by atoms with van der Waals surface area (Å²) in [6, 6.07) is 1.68. The zero-order valence-electron chi connectivity index (χ0n) is 7.11. The average Bonchev–Trinajstić information content (AvgIpc) is 2.03. The molecule has 5 nitrogen and oxygen atoms in total. The maximum absolute atomic E-state index is 5.31. The SMILES string of the molecule is CC(C)Oc1ccnc(NN)n1. The van der Waals surface area contributed by atoms with Crippen molar-refractivity contribution in [2.24, 2.45) is 5.84 Å². The van der Waals surface area contributed by atoms with E-state index in [1.165, 1.54) is 0 Å². The molecule has 0 spiro atoms. The van der Waals surface area contributed by atoms with Crippen LogP contribution in [-0.4, -0.2) is 16.1 Å². The Morgan fingerprint density at radius 1 is 1.58 bits per heavy atom. The van der Waals surface area contributed by atoms with Gasteiger partial charge in [-0.15, -0.1) is 0 Å². The van der Waals surface area contributed by atoms with Gasteiger partial charge in [0.25, 0.3) is 0 Å². The number of anilines is 1. The molecule has 0 amide bonds. The number of nitrogens with two attached hydrogens (primary N) is 1. The van der Waals surface area contributed by atoms with Crippen LogP contribution >= 0.6 is 0 Å². The Bertz CT molecular complexity index is 251. The monoisotopic (exact) mass is 168 g/mol.